The second-order valence-corrected chi connectivity index (χ2v) is 9.57. The summed E-state index contributed by atoms with van der Waals surface area (Å²) in [6, 6.07) is 10.6. The number of benzene rings is 2. The van der Waals surface area contributed by atoms with Crippen LogP contribution in [0.5, 0.6) is 5.75 Å². The predicted octanol–water partition coefficient (Wildman–Crippen LogP) is 4.99. The van der Waals surface area contributed by atoms with Gasteiger partial charge in [0.2, 0.25) is 5.95 Å². The van der Waals surface area contributed by atoms with E-state index in [-0.39, 0.29) is 17.9 Å². The number of aryl methyl sites for hydroxylation is 1. The van der Waals surface area contributed by atoms with Crippen LogP contribution in [0, 0.1) is 12.8 Å². The summed E-state index contributed by atoms with van der Waals surface area (Å²) in [5.41, 5.74) is 3.72. The van der Waals surface area contributed by atoms with Crippen molar-refractivity contribution in [3.8, 4) is 16.9 Å². The quantitative estimate of drug-likeness (QED) is 0.379. The van der Waals surface area contributed by atoms with E-state index in [0.29, 0.717) is 22.4 Å². The van der Waals surface area contributed by atoms with Gasteiger partial charge in [-0.1, -0.05) is 30.7 Å². The van der Waals surface area contributed by atoms with E-state index in [1.807, 2.05) is 31.5 Å². The Morgan fingerprint density at radius 2 is 1.89 bits per heavy atom. The first-order chi connectivity index (χ1) is 17.3. The number of rotatable bonds is 6. The molecule has 5 rings (SSSR count). The van der Waals surface area contributed by atoms with Gasteiger partial charge in [0.1, 0.15) is 5.75 Å². The highest BCUT2D eigenvalue weighted by atomic mass is 19.3. The van der Waals surface area contributed by atoms with Crippen LogP contribution in [-0.2, 0) is 13.6 Å². The molecule has 0 N–H and O–H groups in total. The van der Waals surface area contributed by atoms with Gasteiger partial charge in [-0.05, 0) is 49.4 Å². The molecule has 36 heavy (non-hydrogen) atoms. The number of nitrogens with zero attached hydrogens (tertiary/aromatic N) is 5. The number of alkyl halides is 2. The molecule has 1 saturated heterocycles. The minimum Gasteiger partial charge on any atom is -0.434 e. The number of ether oxygens (including phenoxy) is 1. The highest BCUT2D eigenvalue weighted by Gasteiger charge is 2.19. The normalized spacial score (nSPS) is 16.2. The van der Waals surface area contributed by atoms with Crippen molar-refractivity contribution in [2.24, 2.45) is 13.0 Å². The highest BCUT2D eigenvalue weighted by Crippen LogP contribution is 2.27. The Hall–Kier alpha value is -3.75. The lowest BCUT2D eigenvalue weighted by atomic mass is 10.0. The van der Waals surface area contributed by atoms with Crippen LogP contribution in [0.1, 0.15) is 30.9 Å². The molecule has 7 nitrogen and oxygen atoms in total. The van der Waals surface area contributed by atoms with E-state index in [1.54, 1.807) is 29.9 Å². The standard InChI is InChI=1S/C27H29F2N5O2/c1-17-6-9-24(36-26(28)29)20(11-17)16-34-23-12-19(7-8-22(23)25(35)32(34)3)21-13-30-27(31-14-21)33-10-4-5-18(2)15-33/h6-9,11-14,18,26H,4-5,10,15-16H2,1-3H3/t18-/m1/s1. The van der Waals surface area contributed by atoms with Gasteiger partial charge in [-0.2, -0.15) is 8.78 Å². The fraction of sp³-hybridized carbons (Fsp3) is 0.370. The van der Waals surface area contributed by atoms with Crippen LogP contribution in [0.3, 0.4) is 0 Å². The summed E-state index contributed by atoms with van der Waals surface area (Å²) < 4.78 is 34.0. The number of aromatic nitrogens is 4. The number of piperidine rings is 1. The summed E-state index contributed by atoms with van der Waals surface area (Å²) in [5, 5.41) is 0.546. The molecule has 4 aromatic rings. The van der Waals surface area contributed by atoms with Gasteiger partial charge in [0.25, 0.3) is 5.56 Å². The molecule has 9 heteroatoms. The zero-order valence-electron chi connectivity index (χ0n) is 20.6. The summed E-state index contributed by atoms with van der Waals surface area (Å²) in [5.74, 6) is 1.45. The molecule has 1 atom stereocenters. The number of fused-ring (bicyclic) bond motifs is 1. The van der Waals surface area contributed by atoms with E-state index in [9.17, 15) is 13.6 Å². The van der Waals surface area contributed by atoms with E-state index in [0.717, 1.165) is 42.1 Å². The molecule has 0 unspecified atom stereocenters. The van der Waals surface area contributed by atoms with Gasteiger partial charge in [0, 0.05) is 43.7 Å². The molecule has 1 fully saturated rings. The Morgan fingerprint density at radius 1 is 1.11 bits per heavy atom. The third-order valence-electron chi connectivity index (χ3n) is 6.83. The van der Waals surface area contributed by atoms with Gasteiger partial charge in [-0.3, -0.25) is 14.2 Å². The molecule has 1 aliphatic heterocycles. The first-order valence-corrected chi connectivity index (χ1v) is 12.1. The van der Waals surface area contributed by atoms with Gasteiger partial charge in [-0.15, -0.1) is 0 Å². The second kappa shape index (κ2) is 9.72. The van der Waals surface area contributed by atoms with E-state index in [4.69, 9.17) is 4.74 Å². The first-order valence-electron chi connectivity index (χ1n) is 12.1. The lowest BCUT2D eigenvalue weighted by Gasteiger charge is -2.30. The Balaban J connectivity index is 1.50. The van der Waals surface area contributed by atoms with Crippen LogP contribution in [0.2, 0.25) is 0 Å². The molecule has 0 radical (unpaired) electrons. The van der Waals surface area contributed by atoms with Crippen LogP contribution in [0.15, 0.2) is 53.6 Å². The molecule has 0 amide bonds. The largest absolute Gasteiger partial charge is 0.434 e. The Labute approximate surface area is 207 Å². The van der Waals surface area contributed by atoms with Crippen LogP contribution in [0.4, 0.5) is 14.7 Å². The lowest BCUT2D eigenvalue weighted by Crippen LogP contribution is -2.35. The van der Waals surface area contributed by atoms with Crippen LogP contribution >= 0.6 is 0 Å². The lowest BCUT2D eigenvalue weighted by molar-refractivity contribution is -0.0505. The Kier molecular flexibility index (Phi) is 6.47. The summed E-state index contributed by atoms with van der Waals surface area (Å²) in [6.45, 7) is 3.31. The number of hydrogen-bond acceptors (Lipinski definition) is 5. The molecule has 3 heterocycles. The van der Waals surface area contributed by atoms with E-state index >= 15 is 0 Å². The van der Waals surface area contributed by atoms with E-state index in [1.165, 1.54) is 17.2 Å². The first kappa shape index (κ1) is 24.0. The van der Waals surface area contributed by atoms with Gasteiger partial charge in [0.15, 0.2) is 0 Å². The molecule has 2 aromatic carbocycles. The molecular weight excluding hydrogens is 464 g/mol. The average molecular weight is 494 g/mol. The van der Waals surface area contributed by atoms with Gasteiger partial charge >= 0.3 is 6.61 Å². The Bertz CT molecular complexity index is 1450. The summed E-state index contributed by atoms with van der Waals surface area (Å²) in [6.07, 6.45) is 5.98. The molecule has 0 aliphatic carbocycles. The van der Waals surface area contributed by atoms with Gasteiger partial charge < -0.3 is 9.64 Å². The molecule has 188 valence electrons. The number of hydrogen-bond donors (Lipinski definition) is 0. The van der Waals surface area contributed by atoms with Crippen LogP contribution < -0.4 is 15.2 Å². The fourth-order valence-electron chi connectivity index (χ4n) is 4.95. The molecular formula is C27H29F2N5O2. The van der Waals surface area contributed by atoms with Crippen LogP contribution in [-0.4, -0.2) is 39.0 Å². The topological polar surface area (TPSA) is 65.2 Å². The third-order valence-corrected chi connectivity index (χ3v) is 6.83. The summed E-state index contributed by atoms with van der Waals surface area (Å²) in [7, 11) is 1.67. The smallest absolute Gasteiger partial charge is 0.387 e. The maximum absolute atomic E-state index is 13.0. The maximum atomic E-state index is 13.0. The van der Waals surface area contributed by atoms with E-state index in [2.05, 4.69) is 21.8 Å². The number of anilines is 1. The Morgan fingerprint density at radius 3 is 2.61 bits per heavy atom. The van der Waals surface area contributed by atoms with Crippen LogP contribution in [0.25, 0.3) is 22.0 Å². The van der Waals surface area contributed by atoms with Crippen molar-refractivity contribution in [2.75, 3.05) is 18.0 Å². The minimum atomic E-state index is -2.93. The zero-order chi connectivity index (χ0) is 25.4. The third kappa shape index (κ3) is 4.69. The average Bonchev–Trinajstić information content (AvgIpc) is 3.10. The molecule has 2 aromatic heterocycles. The number of halogens is 2. The van der Waals surface area contributed by atoms with Gasteiger partial charge in [0.05, 0.1) is 17.4 Å². The molecule has 0 spiro atoms. The monoisotopic (exact) mass is 493 g/mol. The fourth-order valence-corrected chi connectivity index (χ4v) is 4.95. The van der Waals surface area contributed by atoms with Crippen molar-refractivity contribution in [2.45, 2.75) is 39.8 Å². The van der Waals surface area contributed by atoms with Gasteiger partial charge in [-0.25, -0.2) is 9.97 Å². The van der Waals surface area contributed by atoms with Crippen molar-refractivity contribution in [1.29, 1.82) is 0 Å². The van der Waals surface area contributed by atoms with Crippen molar-refractivity contribution in [1.82, 2.24) is 19.3 Å². The zero-order valence-corrected chi connectivity index (χ0v) is 20.6. The highest BCUT2D eigenvalue weighted by molar-refractivity contribution is 5.84. The van der Waals surface area contributed by atoms with Crippen molar-refractivity contribution >= 4 is 16.9 Å². The minimum absolute atomic E-state index is 0.0945. The molecule has 1 aliphatic rings. The second-order valence-electron chi connectivity index (χ2n) is 9.57. The molecule has 0 bridgehead atoms. The van der Waals surface area contributed by atoms with Crippen molar-refractivity contribution in [3.63, 3.8) is 0 Å². The van der Waals surface area contributed by atoms with E-state index < -0.39 is 6.61 Å². The summed E-state index contributed by atoms with van der Waals surface area (Å²) in [4.78, 5) is 24.4. The van der Waals surface area contributed by atoms with Crippen molar-refractivity contribution < 1.29 is 13.5 Å². The maximum Gasteiger partial charge on any atom is 0.387 e. The molecule has 0 saturated carbocycles. The van der Waals surface area contributed by atoms with Crippen molar-refractivity contribution in [3.05, 3.63) is 70.3 Å². The summed E-state index contributed by atoms with van der Waals surface area (Å²) >= 11 is 0. The SMILES string of the molecule is Cc1ccc(OC(F)F)c(Cn2c3cc(-c4cnc(N5CCC[C@@H](C)C5)nc4)ccc3c(=O)n2C)c1. The predicted molar refractivity (Wildman–Crippen MR) is 136 cm³/mol.